The highest BCUT2D eigenvalue weighted by molar-refractivity contribution is 7.98. The van der Waals surface area contributed by atoms with Crippen molar-refractivity contribution in [1.82, 2.24) is 24.1 Å². The monoisotopic (exact) mass is 462 g/mol. The summed E-state index contributed by atoms with van der Waals surface area (Å²) in [5, 5.41) is 16.5. The summed E-state index contributed by atoms with van der Waals surface area (Å²) in [4.78, 5) is 17.7. The third-order valence-electron chi connectivity index (χ3n) is 5.14. The van der Waals surface area contributed by atoms with Crippen LogP contribution in [0.25, 0.3) is 16.7 Å². The number of thiazole rings is 1. The molecule has 0 aliphatic rings. The van der Waals surface area contributed by atoms with Crippen molar-refractivity contribution in [2.45, 2.75) is 37.2 Å². The van der Waals surface area contributed by atoms with Crippen LogP contribution >= 0.6 is 23.1 Å². The zero-order valence-corrected chi connectivity index (χ0v) is 19.2. The van der Waals surface area contributed by atoms with Crippen LogP contribution in [0.5, 0.6) is 0 Å². The molecule has 0 fully saturated rings. The van der Waals surface area contributed by atoms with Crippen LogP contribution in [0, 0.1) is 0 Å². The molecular weight excluding hydrogens is 440 g/mol. The summed E-state index contributed by atoms with van der Waals surface area (Å²) in [6, 6.07) is 17.7. The summed E-state index contributed by atoms with van der Waals surface area (Å²) in [6.45, 7) is 2.75. The summed E-state index contributed by atoms with van der Waals surface area (Å²) in [5.74, 6) is 1.25. The second-order valence-electron chi connectivity index (χ2n) is 7.37. The number of aromatic nitrogens is 5. The molecular formula is C23H22N6OS2. The first-order valence-corrected chi connectivity index (χ1v) is 12.4. The minimum Gasteiger partial charge on any atom is -0.332 e. The Labute approximate surface area is 193 Å². The number of nitrogens with one attached hydrogen (secondary N) is 1. The lowest BCUT2D eigenvalue weighted by atomic mass is 10.2. The number of rotatable bonds is 8. The maximum atomic E-state index is 13.0. The van der Waals surface area contributed by atoms with Gasteiger partial charge in [-0.25, -0.2) is 4.98 Å². The van der Waals surface area contributed by atoms with E-state index in [0.717, 1.165) is 40.0 Å². The van der Waals surface area contributed by atoms with Crippen LogP contribution in [0.4, 0.5) is 10.8 Å². The Kier molecular flexibility index (Phi) is 5.91. The van der Waals surface area contributed by atoms with Crippen LogP contribution in [-0.4, -0.2) is 24.1 Å². The van der Waals surface area contributed by atoms with Gasteiger partial charge in [-0.15, -0.1) is 21.5 Å². The van der Waals surface area contributed by atoms with E-state index in [1.54, 1.807) is 27.7 Å². The Morgan fingerprint density at radius 2 is 1.88 bits per heavy atom. The van der Waals surface area contributed by atoms with Crippen molar-refractivity contribution < 1.29 is 0 Å². The SMILES string of the molecule is CCCCn1c(=O)c2ccccc2n2c(SCc3csc(Nc4ccccc4)n3)nnc12. The molecule has 0 atom stereocenters. The van der Waals surface area contributed by atoms with Gasteiger partial charge < -0.3 is 5.32 Å². The van der Waals surface area contributed by atoms with E-state index < -0.39 is 0 Å². The number of hydrogen-bond acceptors (Lipinski definition) is 7. The van der Waals surface area contributed by atoms with Crippen LogP contribution in [0.2, 0.25) is 0 Å². The Balaban J connectivity index is 1.44. The lowest BCUT2D eigenvalue weighted by molar-refractivity contribution is 0.620. The molecule has 162 valence electrons. The summed E-state index contributed by atoms with van der Waals surface area (Å²) in [5.41, 5.74) is 2.80. The highest BCUT2D eigenvalue weighted by Gasteiger charge is 2.17. The van der Waals surface area contributed by atoms with Crippen molar-refractivity contribution in [2.75, 3.05) is 5.32 Å². The topological polar surface area (TPSA) is 77.1 Å². The minimum atomic E-state index is -0.0124. The van der Waals surface area contributed by atoms with Crippen LogP contribution in [-0.2, 0) is 12.3 Å². The molecule has 0 aliphatic heterocycles. The van der Waals surface area contributed by atoms with E-state index in [2.05, 4.69) is 27.8 Å². The van der Waals surface area contributed by atoms with Gasteiger partial charge in [-0.2, -0.15) is 0 Å². The zero-order valence-electron chi connectivity index (χ0n) is 17.6. The quantitative estimate of drug-likeness (QED) is 0.314. The predicted octanol–water partition coefficient (Wildman–Crippen LogP) is 5.34. The molecule has 0 aliphatic carbocycles. The number of unbranched alkanes of at least 4 members (excludes halogenated alkanes) is 1. The van der Waals surface area contributed by atoms with Gasteiger partial charge >= 0.3 is 0 Å². The number of anilines is 2. The van der Waals surface area contributed by atoms with Crippen LogP contribution < -0.4 is 10.9 Å². The van der Waals surface area contributed by atoms with Crippen molar-refractivity contribution in [2.24, 2.45) is 0 Å². The van der Waals surface area contributed by atoms with E-state index in [9.17, 15) is 4.79 Å². The molecule has 0 saturated carbocycles. The molecule has 2 aromatic carbocycles. The fourth-order valence-electron chi connectivity index (χ4n) is 3.56. The van der Waals surface area contributed by atoms with Crippen molar-refractivity contribution in [3.63, 3.8) is 0 Å². The van der Waals surface area contributed by atoms with E-state index in [-0.39, 0.29) is 5.56 Å². The summed E-state index contributed by atoms with van der Waals surface area (Å²) in [7, 11) is 0. The third kappa shape index (κ3) is 4.01. The van der Waals surface area contributed by atoms with Gasteiger partial charge in [0.1, 0.15) is 0 Å². The largest absolute Gasteiger partial charge is 0.332 e. The predicted molar refractivity (Wildman–Crippen MR) is 131 cm³/mol. The molecule has 0 amide bonds. The van der Waals surface area contributed by atoms with Crippen LogP contribution in [0.15, 0.2) is 69.9 Å². The average molecular weight is 463 g/mol. The van der Waals surface area contributed by atoms with E-state index in [1.165, 1.54) is 0 Å². The number of hydrogen-bond donors (Lipinski definition) is 1. The lowest BCUT2D eigenvalue weighted by Gasteiger charge is -2.10. The van der Waals surface area contributed by atoms with Crippen molar-refractivity contribution >= 4 is 50.6 Å². The number of aryl methyl sites for hydroxylation is 1. The number of thioether (sulfide) groups is 1. The van der Waals surface area contributed by atoms with Gasteiger partial charge in [0.25, 0.3) is 5.56 Å². The highest BCUT2D eigenvalue weighted by atomic mass is 32.2. The molecule has 0 bridgehead atoms. The van der Waals surface area contributed by atoms with Crippen LogP contribution in [0.1, 0.15) is 25.5 Å². The highest BCUT2D eigenvalue weighted by Crippen LogP contribution is 2.27. The second kappa shape index (κ2) is 9.13. The van der Waals surface area contributed by atoms with Gasteiger partial charge in [0.2, 0.25) is 5.78 Å². The number of benzene rings is 2. The Morgan fingerprint density at radius 3 is 2.72 bits per heavy atom. The number of para-hydroxylation sites is 2. The van der Waals surface area contributed by atoms with Gasteiger partial charge in [-0.3, -0.25) is 13.8 Å². The summed E-state index contributed by atoms with van der Waals surface area (Å²) >= 11 is 3.15. The molecule has 3 heterocycles. The molecule has 5 aromatic rings. The Hall–Kier alpha value is -3.17. The molecule has 1 N–H and O–H groups in total. The minimum absolute atomic E-state index is 0.0124. The summed E-state index contributed by atoms with van der Waals surface area (Å²) in [6.07, 6.45) is 1.92. The molecule has 9 heteroatoms. The maximum Gasteiger partial charge on any atom is 0.262 e. The van der Waals surface area contributed by atoms with Crippen LogP contribution in [0.3, 0.4) is 0 Å². The van der Waals surface area contributed by atoms with Gasteiger partial charge in [0, 0.05) is 23.4 Å². The molecule has 7 nitrogen and oxygen atoms in total. The van der Waals surface area contributed by atoms with E-state index >= 15 is 0 Å². The average Bonchev–Trinajstić information content (AvgIpc) is 3.45. The van der Waals surface area contributed by atoms with Crippen molar-refractivity contribution in [3.8, 4) is 0 Å². The Morgan fingerprint density at radius 1 is 1.06 bits per heavy atom. The second-order valence-corrected chi connectivity index (χ2v) is 9.17. The molecule has 32 heavy (non-hydrogen) atoms. The van der Waals surface area contributed by atoms with E-state index in [1.807, 2.05) is 59.0 Å². The molecule has 0 saturated heterocycles. The number of fused-ring (bicyclic) bond motifs is 3. The molecule has 0 spiro atoms. The summed E-state index contributed by atoms with van der Waals surface area (Å²) < 4.78 is 3.74. The van der Waals surface area contributed by atoms with Crippen molar-refractivity contribution in [1.29, 1.82) is 0 Å². The first-order valence-electron chi connectivity index (χ1n) is 10.5. The zero-order chi connectivity index (χ0) is 21.9. The maximum absolute atomic E-state index is 13.0. The fourth-order valence-corrected chi connectivity index (χ4v) is 5.23. The first-order chi connectivity index (χ1) is 15.7. The van der Waals surface area contributed by atoms with Crippen molar-refractivity contribution in [3.05, 3.63) is 76.0 Å². The molecule has 5 rings (SSSR count). The standard InChI is InChI=1S/C23H22N6OS2/c1-2-3-13-28-20(30)18-11-7-8-12-19(18)29-22(28)26-27-23(29)32-15-17-14-31-21(25-17)24-16-9-5-4-6-10-16/h4-12,14H,2-3,13,15H2,1H3,(H,24,25). The Bertz CT molecular complexity index is 1420. The first kappa shape index (κ1) is 20.7. The van der Waals surface area contributed by atoms with Gasteiger partial charge in [0.05, 0.1) is 16.6 Å². The third-order valence-corrected chi connectivity index (χ3v) is 6.91. The molecule has 0 radical (unpaired) electrons. The van der Waals surface area contributed by atoms with Gasteiger partial charge in [-0.05, 0) is 30.7 Å². The van der Waals surface area contributed by atoms with Gasteiger partial charge in [-0.1, -0.05) is 55.4 Å². The molecule has 3 aromatic heterocycles. The van der Waals surface area contributed by atoms with E-state index in [4.69, 9.17) is 4.98 Å². The van der Waals surface area contributed by atoms with E-state index in [0.29, 0.717) is 23.5 Å². The van der Waals surface area contributed by atoms with Gasteiger partial charge in [0.15, 0.2) is 10.3 Å². The molecule has 0 unspecified atom stereocenters. The lowest BCUT2D eigenvalue weighted by Crippen LogP contribution is -2.23. The number of nitrogens with zero attached hydrogens (tertiary/aromatic N) is 5. The smallest absolute Gasteiger partial charge is 0.262 e. The fraction of sp³-hybridized carbons (Fsp3) is 0.217. The normalized spacial score (nSPS) is 11.4.